The van der Waals surface area contributed by atoms with Gasteiger partial charge in [-0.05, 0) is 23.6 Å². The predicted molar refractivity (Wildman–Crippen MR) is 89.5 cm³/mol. The molecular weight excluding hydrogens is 352 g/mol. The van der Waals surface area contributed by atoms with E-state index in [2.05, 4.69) is 5.32 Å². The molecule has 0 heterocycles. The minimum Gasteiger partial charge on any atom is -0.452 e. The summed E-state index contributed by atoms with van der Waals surface area (Å²) in [4.78, 5) is 23.6. The molecule has 1 atom stereocenters. The van der Waals surface area contributed by atoms with Crippen LogP contribution in [0.1, 0.15) is 28.8 Å². The van der Waals surface area contributed by atoms with Crippen molar-refractivity contribution in [2.24, 2.45) is 0 Å². The average Bonchev–Trinajstić information content (AvgIpc) is 2.61. The van der Waals surface area contributed by atoms with Crippen molar-refractivity contribution in [3.8, 4) is 0 Å². The van der Waals surface area contributed by atoms with Gasteiger partial charge in [-0.2, -0.15) is 0 Å². The minimum absolute atomic E-state index is 0.0847. The summed E-state index contributed by atoms with van der Waals surface area (Å²) in [5.41, 5.74) is 0.722. The Kier molecular flexibility index (Phi) is 6.47. The van der Waals surface area contributed by atoms with Crippen molar-refractivity contribution in [1.82, 2.24) is 5.32 Å². The first kappa shape index (κ1) is 18.9. The van der Waals surface area contributed by atoms with Crippen LogP contribution in [0, 0.1) is 11.6 Å². The van der Waals surface area contributed by atoms with Crippen LogP contribution in [0.25, 0.3) is 0 Å². The molecule has 132 valence electrons. The van der Waals surface area contributed by atoms with Crippen LogP contribution in [0.15, 0.2) is 42.5 Å². The van der Waals surface area contributed by atoms with Crippen molar-refractivity contribution in [3.05, 3.63) is 70.2 Å². The van der Waals surface area contributed by atoms with Crippen molar-refractivity contribution in [3.63, 3.8) is 0 Å². The van der Waals surface area contributed by atoms with E-state index in [0.29, 0.717) is 18.7 Å². The molecule has 2 aromatic carbocycles. The lowest BCUT2D eigenvalue weighted by atomic mass is 10.0. The summed E-state index contributed by atoms with van der Waals surface area (Å²) in [6.45, 7) is 1.77. The Balaban J connectivity index is 1.84. The zero-order valence-electron chi connectivity index (χ0n) is 13.4. The molecule has 0 aliphatic rings. The summed E-state index contributed by atoms with van der Waals surface area (Å²) in [5.74, 6) is -3.82. The lowest BCUT2D eigenvalue weighted by Crippen LogP contribution is -2.31. The van der Waals surface area contributed by atoms with E-state index in [1.165, 1.54) is 0 Å². The van der Waals surface area contributed by atoms with Gasteiger partial charge in [0.05, 0.1) is 10.6 Å². The molecule has 0 saturated heterocycles. The Hall–Kier alpha value is -2.47. The maximum absolute atomic E-state index is 13.2. The van der Waals surface area contributed by atoms with Gasteiger partial charge in [-0.3, -0.25) is 4.79 Å². The van der Waals surface area contributed by atoms with Gasteiger partial charge in [-0.1, -0.05) is 48.9 Å². The summed E-state index contributed by atoms with van der Waals surface area (Å²) in [6, 6.07) is 10.9. The van der Waals surface area contributed by atoms with E-state index in [-0.39, 0.29) is 16.5 Å². The lowest BCUT2D eigenvalue weighted by Gasteiger charge is -2.13. The normalized spacial score (nSPS) is 11.7. The zero-order chi connectivity index (χ0) is 18.4. The number of hydrogen-bond acceptors (Lipinski definition) is 3. The average molecular weight is 368 g/mol. The molecule has 0 spiro atoms. The molecule has 25 heavy (non-hydrogen) atoms. The molecule has 1 N–H and O–H groups in total. The van der Waals surface area contributed by atoms with Gasteiger partial charge in [0.15, 0.2) is 18.2 Å². The second kappa shape index (κ2) is 8.58. The van der Waals surface area contributed by atoms with E-state index in [1.54, 1.807) is 0 Å². The first-order valence-electron chi connectivity index (χ1n) is 7.51. The van der Waals surface area contributed by atoms with Crippen LogP contribution in [0.3, 0.4) is 0 Å². The number of ether oxygens (including phenoxy) is 1. The third-order valence-corrected chi connectivity index (χ3v) is 3.85. The predicted octanol–water partition coefficient (Wildman–Crippen LogP) is 3.69. The quantitative estimate of drug-likeness (QED) is 0.625. The van der Waals surface area contributed by atoms with Crippen molar-refractivity contribution >= 4 is 23.5 Å². The van der Waals surface area contributed by atoms with Crippen LogP contribution in [0.5, 0.6) is 0 Å². The van der Waals surface area contributed by atoms with E-state index < -0.39 is 30.1 Å². The van der Waals surface area contributed by atoms with Crippen LogP contribution in [0.4, 0.5) is 8.78 Å². The number of rotatable bonds is 6. The maximum Gasteiger partial charge on any atom is 0.340 e. The summed E-state index contributed by atoms with van der Waals surface area (Å²) in [7, 11) is 0. The first-order valence-corrected chi connectivity index (χ1v) is 7.89. The summed E-state index contributed by atoms with van der Waals surface area (Å²) in [6.07, 6.45) is 0. The second-order valence-electron chi connectivity index (χ2n) is 5.44. The number of benzene rings is 2. The molecule has 2 rings (SSSR count). The Bertz CT molecular complexity index is 768. The fourth-order valence-corrected chi connectivity index (χ4v) is 2.33. The topological polar surface area (TPSA) is 55.4 Å². The van der Waals surface area contributed by atoms with Crippen molar-refractivity contribution in [2.45, 2.75) is 12.8 Å². The SMILES string of the molecule is C[C@H](CNC(=O)COC(=O)c1cc(F)c(F)cc1Cl)c1ccccc1. The van der Waals surface area contributed by atoms with Gasteiger partial charge >= 0.3 is 5.97 Å². The number of amides is 1. The van der Waals surface area contributed by atoms with Crippen molar-refractivity contribution in [2.75, 3.05) is 13.2 Å². The highest BCUT2D eigenvalue weighted by Gasteiger charge is 2.17. The highest BCUT2D eigenvalue weighted by Crippen LogP contribution is 2.20. The molecule has 0 bridgehead atoms. The Morgan fingerprint density at radius 3 is 2.48 bits per heavy atom. The van der Waals surface area contributed by atoms with Crippen LogP contribution < -0.4 is 5.32 Å². The largest absolute Gasteiger partial charge is 0.452 e. The number of halogens is 3. The highest BCUT2D eigenvalue weighted by atomic mass is 35.5. The van der Waals surface area contributed by atoms with Crippen LogP contribution >= 0.6 is 11.6 Å². The smallest absolute Gasteiger partial charge is 0.340 e. The fraction of sp³-hybridized carbons (Fsp3) is 0.222. The molecular formula is C18H16ClF2NO3. The number of carbonyl (C=O) groups is 2. The summed E-state index contributed by atoms with van der Waals surface area (Å²) in [5, 5.41) is 2.35. The van der Waals surface area contributed by atoms with Gasteiger partial charge in [-0.25, -0.2) is 13.6 Å². The molecule has 0 aliphatic carbocycles. The van der Waals surface area contributed by atoms with Crippen LogP contribution in [-0.2, 0) is 9.53 Å². The van der Waals surface area contributed by atoms with E-state index in [4.69, 9.17) is 16.3 Å². The Labute approximate surface area is 148 Å². The summed E-state index contributed by atoms with van der Waals surface area (Å²) >= 11 is 5.67. The van der Waals surface area contributed by atoms with E-state index in [1.807, 2.05) is 37.3 Å². The monoisotopic (exact) mass is 367 g/mol. The number of esters is 1. The van der Waals surface area contributed by atoms with Gasteiger partial charge in [0.2, 0.25) is 0 Å². The number of nitrogens with one attached hydrogen (secondary N) is 1. The molecule has 0 radical (unpaired) electrons. The molecule has 2 aromatic rings. The fourth-order valence-electron chi connectivity index (χ4n) is 2.11. The molecule has 0 unspecified atom stereocenters. The van der Waals surface area contributed by atoms with Crippen molar-refractivity contribution < 1.29 is 23.1 Å². The maximum atomic E-state index is 13.2. The number of carbonyl (C=O) groups excluding carboxylic acids is 2. The first-order chi connectivity index (χ1) is 11.9. The second-order valence-corrected chi connectivity index (χ2v) is 5.85. The van der Waals surface area contributed by atoms with Crippen molar-refractivity contribution in [1.29, 1.82) is 0 Å². The zero-order valence-corrected chi connectivity index (χ0v) is 14.1. The standard InChI is InChI=1S/C18H16ClF2NO3/c1-11(12-5-3-2-4-6-12)9-22-17(23)10-25-18(24)13-7-15(20)16(21)8-14(13)19/h2-8,11H,9-10H2,1H3,(H,22,23)/t11-/m1/s1. The molecule has 0 aliphatic heterocycles. The molecule has 0 aromatic heterocycles. The van der Waals surface area contributed by atoms with Crippen LogP contribution in [-0.4, -0.2) is 25.0 Å². The third kappa shape index (κ3) is 5.26. The molecule has 1 amide bonds. The molecule has 0 saturated carbocycles. The molecule has 7 heteroatoms. The Morgan fingerprint density at radius 1 is 1.16 bits per heavy atom. The van der Waals surface area contributed by atoms with E-state index >= 15 is 0 Å². The van der Waals surface area contributed by atoms with Gasteiger partial charge in [0.1, 0.15) is 0 Å². The molecule has 0 fully saturated rings. The van der Waals surface area contributed by atoms with Gasteiger partial charge in [0, 0.05) is 6.54 Å². The van der Waals surface area contributed by atoms with Gasteiger partial charge < -0.3 is 10.1 Å². The lowest BCUT2D eigenvalue weighted by molar-refractivity contribution is -0.124. The third-order valence-electron chi connectivity index (χ3n) is 3.54. The van der Waals surface area contributed by atoms with Crippen LogP contribution in [0.2, 0.25) is 5.02 Å². The van der Waals surface area contributed by atoms with Gasteiger partial charge in [-0.15, -0.1) is 0 Å². The summed E-state index contributed by atoms with van der Waals surface area (Å²) < 4.78 is 30.9. The highest BCUT2D eigenvalue weighted by molar-refractivity contribution is 6.33. The molecule has 4 nitrogen and oxygen atoms in total. The van der Waals surface area contributed by atoms with E-state index in [0.717, 1.165) is 5.56 Å². The minimum atomic E-state index is -1.22. The Morgan fingerprint density at radius 2 is 1.80 bits per heavy atom. The van der Waals surface area contributed by atoms with Gasteiger partial charge in [0.25, 0.3) is 5.91 Å². The van der Waals surface area contributed by atoms with E-state index in [9.17, 15) is 18.4 Å². The number of hydrogen-bond donors (Lipinski definition) is 1.